The molecule has 1 aliphatic rings. The first-order valence-corrected chi connectivity index (χ1v) is 5.48. The molecule has 0 bridgehead atoms. The number of hydrogen-bond acceptors (Lipinski definition) is 5. The van der Waals surface area contributed by atoms with E-state index in [9.17, 15) is 66.3 Å². The lowest BCUT2D eigenvalue weighted by atomic mass is 10.3. The normalized spacial score (nSPS) is 26.1. The van der Waals surface area contributed by atoms with Crippen molar-refractivity contribution in [2.45, 2.75) is 42.8 Å². The van der Waals surface area contributed by atoms with Crippen molar-refractivity contribution in [3.8, 4) is 0 Å². The lowest BCUT2D eigenvalue weighted by Crippen LogP contribution is -2.61. The van der Waals surface area contributed by atoms with Gasteiger partial charge in [0.25, 0.3) is 0 Å². The van der Waals surface area contributed by atoms with E-state index in [-0.39, 0.29) is 0 Å². The van der Waals surface area contributed by atoms with Gasteiger partial charge in [-0.3, -0.25) is 0 Å². The Labute approximate surface area is 135 Å². The van der Waals surface area contributed by atoms with Gasteiger partial charge in [-0.15, -0.1) is 8.78 Å². The van der Waals surface area contributed by atoms with Crippen LogP contribution in [0.5, 0.6) is 0 Å². The molecule has 1 fully saturated rings. The molecule has 160 valence electrons. The largest absolute Gasteiger partial charge is 0.495 e. The first-order valence-electron chi connectivity index (χ1n) is 5.48. The summed E-state index contributed by atoms with van der Waals surface area (Å²) >= 11 is 0. The molecule has 0 aliphatic carbocycles. The van der Waals surface area contributed by atoms with Crippen LogP contribution < -0.4 is 0 Å². The van der Waals surface area contributed by atoms with Gasteiger partial charge in [-0.05, 0) is 0 Å². The maximum atomic E-state index is 13.3. The maximum Gasteiger partial charge on any atom is 0.495 e. The molecular formula is C8F14O5. The van der Waals surface area contributed by atoms with Crippen LogP contribution in [0.1, 0.15) is 0 Å². The van der Waals surface area contributed by atoms with Crippen LogP contribution in [-0.4, -0.2) is 48.7 Å². The molecule has 1 unspecified atom stereocenters. The van der Waals surface area contributed by atoms with Gasteiger partial charge in [0.2, 0.25) is 0 Å². The zero-order valence-electron chi connectivity index (χ0n) is 11.3. The molecule has 0 aromatic rings. The van der Waals surface area contributed by atoms with Crippen LogP contribution in [0.15, 0.2) is 0 Å². The summed E-state index contributed by atoms with van der Waals surface area (Å²) in [6.07, 6.45) is -33.0. The second-order valence-corrected chi connectivity index (χ2v) is 4.32. The van der Waals surface area contributed by atoms with Crippen molar-refractivity contribution in [3.63, 3.8) is 0 Å². The van der Waals surface area contributed by atoms with Gasteiger partial charge in [-0.2, -0.15) is 52.7 Å². The van der Waals surface area contributed by atoms with Gasteiger partial charge >= 0.3 is 48.7 Å². The van der Waals surface area contributed by atoms with Gasteiger partial charge in [0, 0.05) is 0 Å². The molecule has 1 rings (SSSR count). The molecule has 1 atom stereocenters. The maximum absolute atomic E-state index is 13.3. The van der Waals surface area contributed by atoms with Crippen molar-refractivity contribution in [2.24, 2.45) is 0 Å². The van der Waals surface area contributed by atoms with Crippen LogP contribution in [-0.2, 0) is 23.7 Å². The SMILES string of the molecule is O=C(OC(F)(F)C(F)(F)C(F)(F)OC1(F)OC(F)(F)OC1(F)F)C(F)(F)F. The van der Waals surface area contributed by atoms with Crippen molar-refractivity contribution in [3.05, 3.63) is 0 Å². The third kappa shape index (κ3) is 4.13. The molecular weight excluding hydrogens is 442 g/mol. The minimum atomic E-state index is -7.52. The highest BCUT2D eigenvalue weighted by Crippen LogP contribution is 2.55. The van der Waals surface area contributed by atoms with E-state index >= 15 is 0 Å². The van der Waals surface area contributed by atoms with Crippen LogP contribution in [0, 0.1) is 0 Å². The topological polar surface area (TPSA) is 54.0 Å². The molecule has 0 spiro atoms. The summed E-state index contributed by atoms with van der Waals surface area (Å²) in [6.45, 7) is 0. The summed E-state index contributed by atoms with van der Waals surface area (Å²) in [5.74, 6) is -11.7. The fourth-order valence-corrected chi connectivity index (χ4v) is 1.16. The molecule has 0 aromatic heterocycles. The smallest absolute Gasteiger partial charge is 0.389 e. The highest BCUT2D eigenvalue weighted by atomic mass is 19.4. The Bertz CT molecular complexity index is 599. The average Bonchev–Trinajstić information content (AvgIpc) is 2.48. The van der Waals surface area contributed by atoms with Gasteiger partial charge in [-0.1, -0.05) is 0 Å². The minimum Gasteiger partial charge on any atom is -0.389 e. The van der Waals surface area contributed by atoms with Crippen LogP contribution in [0.2, 0.25) is 0 Å². The van der Waals surface area contributed by atoms with Crippen LogP contribution in [0.25, 0.3) is 0 Å². The second-order valence-electron chi connectivity index (χ2n) is 4.32. The Balaban J connectivity index is 3.19. The molecule has 0 radical (unpaired) electrons. The predicted octanol–water partition coefficient (Wildman–Crippen LogP) is 3.74. The lowest BCUT2D eigenvalue weighted by molar-refractivity contribution is -0.523. The number of carbonyl (C=O) groups is 1. The summed E-state index contributed by atoms with van der Waals surface area (Å²) in [6, 6.07) is -6.33. The standard InChI is InChI=1S/C8F14O5/c9-2(10,11)1(23)24-4(14,15)3(12,13)5(16,17)25-7(20)6(18,19)26-8(21,22)27-7. The summed E-state index contributed by atoms with van der Waals surface area (Å²) in [7, 11) is 0. The van der Waals surface area contributed by atoms with Crippen molar-refractivity contribution in [2.75, 3.05) is 0 Å². The zero-order valence-corrected chi connectivity index (χ0v) is 11.3. The number of alkyl halides is 14. The van der Waals surface area contributed by atoms with E-state index in [1.165, 1.54) is 0 Å². The van der Waals surface area contributed by atoms with Gasteiger partial charge in [0.1, 0.15) is 0 Å². The van der Waals surface area contributed by atoms with E-state index in [1.54, 1.807) is 4.74 Å². The summed E-state index contributed by atoms with van der Waals surface area (Å²) in [4.78, 5) is 10.1. The highest BCUT2D eigenvalue weighted by Gasteiger charge is 2.84. The number of hydrogen-bond donors (Lipinski definition) is 0. The molecule has 1 aliphatic heterocycles. The number of esters is 1. The highest BCUT2D eigenvalue weighted by molar-refractivity contribution is 5.75. The quantitative estimate of drug-likeness (QED) is 0.480. The number of carbonyl (C=O) groups excluding carboxylic acids is 1. The Morgan fingerprint density at radius 1 is 0.741 bits per heavy atom. The van der Waals surface area contributed by atoms with Gasteiger partial charge in [-0.25, -0.2) is 19.0 Å². The predicted molar refractivity (Wildman–Crippen MR) is 44.0 cm³/mol. The van der Waals surface area contributed by atoms with Gasteiger partial charge in [0.15, 0.2) is 0 Å². The summed E-state index contributed by atoms with van der Waals surface area (Å²) in [5.41, 5.74) is 0. The summed E-state index contributed by atoms with van der Waals surface area (Å²) in [5, 5.41) is 0. The average molecular weight is 442 g/mol. The van der Waals surface area contributed by atoms with Gasteiger partial charge in [0.05, 0.1) is 0 Å². The van der Waals surface area contributed by atoms with E-state index < -0.39 is 48.7 Å². The van der Waals surface area contributed by atoms with Crippen molar-refractivity contribution in [1.82, 2.24) is 0 Å². The summed E-state index contributed by atoms with van der Waals surface area (Å²) < 4.78 is 184. The number of ether oxygens (including phenoxy) is 4. The Hall–Kier alpha value is -1.63. The monoisotopic (exact) mass is 442 g/mol. The molecule has 5 nitrogen and oxygen atoms in total. The Morgan fingerprint density at radius 3 is 1.52 bits per heavy atom. The van der Waals surface area contributed by atoms with Crippen LogP contribution >= 0.6 is 0 Å². The van der Waals surface area contributed by atoms with E-state index in [1.807, 2.05) is 4.74 Å². The first-order chi connectivity index (χ1) is 11.5. The molecule has 0 N–H and O–H groups in total. The molecule has 0 saturated carbocycles. The van der Waals surface area contributed by atoms with E-state index in [0.29, 0.717) is 0 Å². The fourth-order valence-electron chi connectivity index (χ4n) is 1.16. The second kappa shape index (κ2) is 5.93. The molecule has 19 heteroatoms. The van der Waals surface area contributed by atoms with E-state index in [2.05, 4.69) is 9.47 Å². The lowest BCUT2D eigenvalue weighted by Gasteiger charge is -2.34. The van der Waals surface area contributed by atoms with Crippen LogP contribution in [0.3, 0.4) is 0 Å². The molecule has 27 heavy (non-hydrogen) atoms. The van der Waals surface area contributed by atoms with Gasteiger partial charge < -0.3 is 4.74 Å². The first kappa shape index (κ1) is 23.4. The third-order valence-electron chi connectivity index (χ3n) is 2.29. The zero-order chi connectivity index (χ0) is 21.9. The molecule has 0 amide bonds. The van der Waals surface area contributed by atoms with Crippen LogP contribution in [0.4, 0.5) is 61.5 Å². The van der Waals surface area contributed by atoms with Crippen molar-refractivity contribution in [1.29, 1.82) is 0 Å². The van der Waals surface area contributed by atoms with E-state index in [0.717, 1.165) is 0 Å². The Kier molecular flexibility index (Phi) is 5.14. The number of halogens is 14. The Morgan fingerprint density at radius 2 is 1.19 bits per heavy atom. The molecule has 1 saturated heterocycles. The van der Waals surface area contributed by atoms with E-state index in [4.69, 9.17) is 0 Å². The minimum absolute atomic E-state index is 1.81. The third-order valence-corrected chi connectivity index (χ3v) is 2.29. The van der Waals surface area contributed by atoms with Crippen molar-refractivity contribution >= 4 is 5.97 Å². The fraction of sp³-hybridized carbons (Fsp3) is 0.875. The molecule has 1 heterocycles. The number of rotatable bonds is 5. The van der Waals surface area contributed by atoms with Crippen molar-refractivity contribution < 1.29 is 85.2 Å². The molecule has 0 aromatic carbocycles.